The van der Waals surface area contributed by atoms with Crippen LogP contribution < -0.4 is 4.90 Å². The second kappa shape index (κ2) is 8.00. The first-order chi connectivity index (χ1) is 13.6. The highest BCUT2D eigenvalue weighted by Gasteiger charge is 2.20. The summed E-state index contributed by atoms with van der Waals surface area (Å²) >= 11 is 2.61. The van der Waals surface area contributed by atoms with E-state index >= 15 is 0 Å². The summed E-state index contributed by atoms with van der Waals surface area (Å²) in [4.78, 5) is 19.6. The van der Waals surface area contributed by atoms with Gasteiger partial charge in [-0.1, -0.05) is 47.7 Å². The molecular weight excluding hydrogens is 398 g/mol. The van der Waals surface area contributed by atoms with Gasteiger partial charge < -0.3 is 0 Å². The first-order valence-corrected chi connectivity index (χ1v) is 10.1. The van der Waals surface area contributed by atoms with Gasteiger partial charge in [-0.05, 0) is 29.2 Å². The molecule has 1 amide bonds. The lowest BCUT2D eigenvalue weighted by atomic mass is 10.2. The molecule has 0 N–H and O–H groups in total. The molecule has 140 valence electrons. The molecule has 0 unspecified atom stereocenters. The minimum absolute atomic E-state index is 0.0644. The van der Waals surface area contributed by atoms with Crippen LogP contribution in [0.15, 0.2) is 66.1 Å². The van der Waals surface area contributed by atoms with Crippen LogP contribution >= 0.6 is 22.7 Å². The third kappa shape index (κ3) is 4.00. The Kier molecular flexibility index (Phi) is 5.27. The van der Waals surface area contributed by atoms with Crippen LogP contribution in [0.5, 0.6) is 0 Å². The SMILES string of the molecule is O=C(/C=C/c1cccs1)N(Cc1ccccc1)c1nc2c(F)cc(F)cc2s1. The summed E-state index contributed by atoms with van der Waals surface area (Å²) in [6.45, 7) is 0.276. The maximum absolute atomic E-state index is 14.1. The molecule has 0 atom stereocenters. The summed E-state index contributed by atoms with van der Waals surface area (Å²) in [5, 5.41) is 2.25. The number of rotatable bonds is 5. The van der Waals surface area contributed by atoms with Crippen molar-refractivity contribution in [1.29, 1.82) is 0 Å². The fourth-order valence-corrected chi connectivity index (χ4v) is 4.32. The number of anilines is 1. The minimum atomic E-state index is -0.737. The predicted molar refractivity (Wildman–Crippen MR) is 111 cm³/mol. The summed E-state index contributed by atoms with van der Waals surface area (Å²) in [5.74, 6) is -1.69. The number of halogens is 2. The van der Waals surface area contributed by atoms with E-state index in [-0.39, 0.29) is 18.0 Å². The maximum atomic E-state index is 14.1. The Balaban J connectivity index is 1.72. The first-order valence-electron chi connectivity index (χ1n) is 8.43. The summed E-state index contributed by atoms with van der Waals surface area (Å²) in [5.41, 5.74) is 0.973. The topological polar surface area (TPSA) is 33.2 Å². The standard InChI is InChI=1S/C21H14F2N2OS2/c22-15-11-17(23)20-18(12-15)28-21(24-20)25(13-14-5-2-1-3-6-14)19(26)9-8-16-7-4-10-27-16/h1-12H,13H2/b9-8+. The van der Waals surface area contributed by atoms with Crippen molar-refractivity contribution in [3.8, 4) is 0 Å². The Labute approximate surface area is 168 Å². The van der Waals surface area contributed by atoms with Gasteiger partial charge in [0.2, 0.25) is 0 Å². The van der Waals surface area contributed by atoms with E-state index in [0.717, 1.165) is 27.8 Å². The highest BCUT2D eigenvalue weighted by Crippen LogP contribution is 2.32. The lowest BCUT2D eigenvalue weighted by Crippen LogP contribution is -2.28. The van der Waals surface area contributed by atoms with Crippen LogP contribution in [0.1, 0.15) is 10.4 Å². The molecule has 7 heteroatoms. The van der Waals surface area contributed by atoms with Gasteiger partial charge in [0.05, 0.1) is 11.2 Å². The fraction of sp³-hybridized carbons (Fsp3) is 0.0476. The second-order valence-corrected chi connectivity index (χ2v) is 7.98. The highest BCUT2D eigenvalue weighted by atomic mass is 32.1. The molecule has 0 aliphatic heterocycles. The number of benzene rings is 2. The quantitative estimate of drug-likeness (QED) is 0.383. The van der Waals surface area contributed by atoms with Gasteiger partial charge in [-0.25, -0.2) is 13.8 Å². The van der Waals surface area contributed by atoms with Gasteiger partial charge in [0.25, 0.3) is 5.91 Å². The van der Waals surface area contributed by atoms with Crippen molar-refractivity contribution in [2.45, 2.75) is 6.54 Å². The summed E-state index contributed by atoms with van der Waals surface area (Å²) in [6, 6.07) is 15.3. The molecule has 0 saturated carbocycles. The number of carbonyl (C=O) groups excluding carboxylic acids is 1. The van der Waals surface area contributed by atoms with E-state index in [1.165, 1.54) is 28.4 Å². The van der Waals surface area contributed by atoms with Crippen molar-refractivity contribution in [2.24, 2.45) is 0 Å². The molecule has 4 rings (SSSR count). The largest absolute Gasteiger partial charge is 0.280 e. The molecule has 28 heavy (non-hydrogen) atoms. The smallest absolute Gasteiger partial charge is 0.253 e. The molecule has 4 aromatic rings. The highest BCUT2D eigenvalue weighted by molar-refractivity contribution is 7.22. The Morgan fingerprint density at radius 3 is 2.68 bits per heavy atom. The van der Waals surface area contributed by atoms with Gasteiger partial charge in [0.15, 0.2) is 10.9 Å². The zero-order valence-corrected chi connectivity index (χ0v) is 16.1. The molecule has 0 spiro atoms. The zero-order chi connectivity index (χ0) is 19.5. The lowest BCUT2D eigenvalue weighted by molar-refractivity contribution is -0.114. The molecule has 3 nitrogen and oxygen atoms in total. The third-order valence-electron chi connectivity index (χ3n) is 4.02. The van der Waals surface area contributed by atoms with Crippen molar-refractivity contribution < 1.29 is 13.6 Å². The molecule has 0 radical (unpaired) electrons. The zero-order valence-electron chi connectivity index (χ0n) is 14.5. The molecule has 0 aliphatic rings. The number of thiazole rings is 1. The van der Waals surface area contributed by atoms with Crippen molar-refractivity contribution >= 4 is 50.0 Å². The van der Waals surface area contributed by atoms with E-state index in [1.807, 2.05) is 47.8 Å². The monoisotopic (exact) mass is 412 g/mol. The third-order valence-corrected chi connectivity index (χ3v) is 5.88. The molecule has 0 aliphatic carbocycles. The van der Waals surface area contributed by atoms with E-state index < -0.39 is 11.6 Å². The van der Waals surface area contributed by atoms with E-state index in [0.29, 0.717) is 9.83 Å². The molecule has 0 saturated heterocycles. The number of thiophene rings is 1. The lowest BCUT2D eigenvalue weighted by Gasteiger charge is -2.18. The predicted octanol–water partition coefficient (Wildman–Crippen LogP) is 5.88. The Hall–Kier alpha value is -2.90. The summed E-state index contributed by atoms with van der Waals surface area (Å²) in [6.07, 6.45) is 3.20. The second-order valence-electron chi connectivity index (χ2n) is 5.99. The van der Waals surface area contributed by atoms with Crippen LogP contribution in [-0.4, -0.2) is 10.9 Å². The van der Waals surface area contributed by atoms with E-state index in [1.54, 1.807) is 6.08 Å². The average molecular weight is 412 g/mol. The van der Waals surface area contributed by atoms with Crippen LogP contribution in [0.25, 0.3) is 16.3 Å². The molecule has 2 aromatic heterocycles. The van der Waals surface area contributed by atoms with Crippen molar-refractivity contribution in [3.05, 3.63) is 88.1 Å². The molecule has 0 bridgehead atoms. The number of amides is 1. The summed E-state index contributed by atoms with van der Waals surface area (Å²) in [7, 11) is 0. The Morgan fingerprint density at radius 2 is 1.93 bits per heavy atom. The normalized spacial score (nSPS) is 11.4. The van der Waals surface area contributed by atoms with Crippen molar-refractivity contribution in [2.75, 3.05) is 4.90 Å². The van der Waals surface area contributed by atoms with E-state index in [9.17, 15) is 13.6 Å². The molecular formula is C21H14F2N2OS2. The van der Waals surface area contributed by atoms with Crippen LogP contribution in [0.3, 0.4) is 0 Å². The van der Waals surface area contributed by atoms with Crippen LogP contribution in [0.2, 0.25) is 0 Å². The van der Waals surface area contributed by atoms with Crippen LogP contribution in [-0.2, 0) is 11.3 Å². The fourth-order valence-electron chi connectivity index (χ4n) is 2.70. The Bertz CT molecular complexity index is 1140. The van der Waals surface area contributed by atoms with E-state index in [4.69, 9.17) is 0 Å². The number of hydrogen-bond acceptors (Lipinski definition) is 4. The van der Waals surface area contributed by atoms with Crippen LogP contribution in [0, 0.1) is 11.6 Å². The van der Waals surface area contributed by atoms with E-state index in [2.05, 4.69) is 4.98 Å². The number of fused-ring (bicyclic) bond motifs is 1. The van der Waals surface area contributed by atoms with Gasteiger partial charge in [-0.15, -0.1) is 11.3 Å². The maximum Gasteiger partial charge on any atom is 0.253 e. The number of hydrogen-bond donors (Lipinski definition) is 0. The van der Waals surface area contributed by atoms with Gasteiger partial charge in [-0.3, -0.25) is 9.69 Å². The van der Waals surface area contributed by atoms with Crippen LogP contribution in [0.4, 0.5) is 13.9 Å². The first kappa shape index (κ1) is 18.5. The average Bonchev–Trinajstić information content (AvgIpc) is 3.34. The van der Waals surface area contributed by atoms with Gasteiger partial charge in [0, 0.05) is 17.0 Å². The van der Waals surface area contributed by atoms with Crippen molar-refractivity contribution in [3.63, 3.8) is 0 Å². The van der Waals surface area contributed by atoms with Gasteiger partial charge >= 0.3 is 0 Å². The van der Waals surface area contributed by atoms with Gasteiger partial charge in [-0.2, -0.15) is 0 Å². The van der Waals surface area contributed by atoms with Gasteiger partial charge in [0.1, 0.15) is 11.3 Å². The Morgan fingerprint density at radius 1 is 1.11 bits per heavy atom. The number of carbonyl (C=O) groups is 1. The molecule has 2 heterocycles. The summed E-state index contributed by atoms with van der Waals surface area (Å²) < 4.78 is 28.0. The number of aromatic nitrogens is 1. The van der Waals surface area contributed by atoms with Crippen molar-refractivity contribution in [1.82, 2.24) is 4.98 Å². The molecule has 2 aromatic carbocycles. The number of nitrogens with zero attached hydrogens (tertiary/aromatic N) is 2. The minimum Gasteiger partial charge on any atom is -0.280 e. The molecule has 0 fully saturated rings.